The summed E-state index contributed by atoms with van der Waals surface area (Å²) in [4.78, 5) is 16.0. The van der Waals surface area contributed by atoms with Crippen molar-refractivity contribution in [2.24, 2.45) is 5.73 Å². The molecule has 1 aliphatic heterocycles. The average Bonchev–Trinajstić information content (AvgIpc) is 2.42. The first-order valence-electron chi connectivity index (χ1n) is 6.63. The van der Waals surface area contributed by atoms with E-state index in [2.05, 4.69) is 4.90 Å². The predicted octanol–water partition coefficient (Wildman–Crippen LogP) is 0.609. The molecule has 110 valence electrons. The third kappa shape index (κ3) is 3.32. The molecule has 2 rings (SSSR count). The van der Waals surface area contributed by atoms with Gasteiger partial charge in [-0.25, -0.2) is 8.78 Å². The number of likely N-dealkylation sites (N-methyl/N-ethyl adjacent to an activating group) is 1. The largest absolute Gasteiger partial charge is 0.336 e. The smallest absolute Gasteiger partial charge is 0.227 e. The molecule has 1 fully saturated rings. The van der Waals surface area contributed by atoms with Crippen LogP contribution in [0.2, 0.25) is 0 Å². The maximum absolute atomic E-state index is 13.6. The molecule has 1 heterocycles. The molecule has 20 heavy (non-hydrogen) atoms. The van der Waals surface area contributed by atoms with Crippen molar-refractivity contribution in [1.29, 1.82) is 0 Å². The molecular formula is C14H19F2N3O. The molecule has 1 aromatic carbocycles. The third-order valence-corrected chi connectivity index (χ3v) is 3.63. The SMILES string of the molecule is CN1CCN(C(=O)Cc2cc(F)ccc2F)C(CN)C1. The van der Waals surface area contributed by atoms with Crippen LogP contribution in [0.5, 0.6) is 0 Å². The van der Waals surface area contributed by atoms with Crippen LogP contribution in [0.3, 0.4) is 0 Å². The minimum absolute atomic E-state index is 0.0714. The van der Waals surface area contributed by atoms with Gasteiger partial charge in [-0.2, -0.15) is 0 Å². The van der Waals surface area contributed by atoms with E-state index in [9.17, 15) is 13.6 Å². The Morgan fingerprint density at radius 1 is 1.40 bits per heavy atom. The summed E-state index contributed by atoms with van der Waals surface area (Å²) in [7, 11) is 1.97. The summed E-state index contributed by atoms with van der Waals surface area (Å²) in [6.45, 7) is 2.39. The second-order valence-electron chi connectivity index (χ2n) is 5.15. The molecule has 4 nitrogen and oxygen atoms in total. The Labute approximate surface area is 117 Å². The lowest BCUT2D eigenvalue weighted by Gasteiger charge is -2.39. The third-order valence-electron chi connectivity index (χ3n) is 3.63. The van der Waals surface area contributed by atoms with Crippen molar-refractivity contribution in [3.63, 3.8) is 0 Å². The van der Waals surface area contributed by atoms with Gasteiger partial charge in [-0.05, 0) is 25.2 Å². The molecule has 0 spiro atoms. The van der Waals surface area contributed by atoms with E-state index in [1.165, 1.54) is 0 Å². The van der Waals surface area contributed by atoms with Gasteiger partial charge in [0.05, 0.1) is 12.5 Å². The summed E-state index contributed by atoms with van der Waals surface area (Å²) < 4.78 is 26.7. The molecule has 0 aliphatic carbocycles. The molecule has 6 heteroatoms. The number of carbonyl (C=O) groups excluding carboxylic acids is 1. The van der Waals surface area contributed by atoms with Crippen molar-refractivity contribution in [3.05, 3.63) is 35.4 Å². The number of amides is 1. The monoisotopic (exact) mass is 283 g/mol. The van der Waals surface area contributed by atoms with E-state index in [0.717, 1.165) is 24.7 Å². The summed E-state index contributed by atoms with van der Waals surface area (Å²) in [6, 6.07) is 3.09. The first-order valence-corrected chi connectivity index (χ1v) is 6.63. The van der Waals surface area contributed by atoms with Crippen LogP contribution in [0.1, 0.15) is 5.56 Å². The number of benzene rings is 1. The molecule has 0 bridgehead atoms. The Bertz CT molecular complexity index is 495. The van der Waals surface area contributed by atoms with Gasteiger partial charge >= 0.3 is 0 Å². The van der Waals surface area contributed by atoms with E-state index in [1.54, 1.807) is 4.90 Å². The fourth-order valence-electron chi connectivity index (χ4n) is 2.48. The van der Waals surface area contributed by atoms with Crippen molar-refractivity contribution in [2.75, 3.05) is 33.2 Å². The highest BCUT2D eigenvalue weighted by molar-refractivity contribution is 5.79. The zero-order chi connectivity index (χ0) is 14.7. The Morgan fingerprint density at radius 3 is 2.85 bits per heavy atom. The topological polar surface area (TPSA) is 49.6 Å². The van der Waals surface area contributed by atoms with Crippen molar-refractivity contribution in [2.45, 2.75) is 12.5 Å². The molecule has 1 amide bonds. The van der Waals surface area contributed by atoms with Crippen LogP contribution < -0.4 is 5.73 Å². The molecule has 1 unspecified atom stereocenters. The number of hydrogen-bond donors (Lipinski definition) is 1. The Kier molecular flexibility index (Phi) is 4.67. The number of hydrogen-bond acceptors (Lipinski definition) is 3. The maximum Gasteiger partial charge on any atom is 0.227 e. The highest BCUT2D eigenvalue weighted by Crippen LogP contribution is 2.14. The van der Waals surface area contributed by atoms with Crippen LogP contribution >= 0.6 is 0 Å². The number of carbonyl (C=O) groups is 1. The summed E-state index contributed by atoms with van der Waals surface area (Å²) in [5.41, 5.74) is 5.77. The zero-order valence-corrected chi connectivity index (χ0v) is 11.5. The van der Waals surface area contributed by atoms with E-state index < -0.39 is 11.6 Å². The second-order valence-corrected chi connectivity index (χ2v) is 5.15. The second kappa shape index (κ2) is 6.28. The van der Waals surface area contributed by atoms with Crippen molar-refractivity contribution in [1.82, 2.24) is 9.80 Å². The Balaban J connectivity index is 2.09. The van der Waals surface area contributed by atoms with Gasteiger partial charge in [0.2, 0.25) is 5.91 Å². The first-order chi connectivity index (χ1) is 9.51. The minimum atomic E-state index is -0.557. The molecular weight excluding hydrogens is 264 g/mol. The molecule has 1 aliphatic rings. The molecule has 0 radical (unpaired) electrons. The van der Waals surface area contributed by atoms with E-state index >= 15 is 0 Å². The normalized spacial score (nSPS) is 20.2. The lowest BCUT2D eigenvalue weighted by molar-refractivity contribution is -0.134. The van der Waals surface area contributed by atoms with E-state index in [0.29, 0.717) is 19.6 Å². The van der Waals surface area contributed by atoms with Gasteiger partial charge in [-0.3, -0.25) is 4.79 Å². The Hall–Kier alpha value is -1.53. The van der Waals surface area contributed by atoms with Gasteiger partial charge in [0.1, 0.15) is 11.6 Å². The summed E-state index contributed by atoms with van der Waals surface area (Å²) in [5.74, 6) is -1.31. The van der Waals surface area contributed by atoms with Crippen LogP contribution in [-0.2, 0) is 11.2 Å². The van der Waals surface area contributed by atoms with Crippen LogP contribution in [-0.4, -0.2) is 55.0 Å². The quantitative estimate of drug-likeness (QED) is 0.884. The summed E-state index contributed by atoms with van der Waals surface area (Å²) in [6.07, 6.45) is -0.135. The van der Waals surface area contributed by atoms with Crippen molar-refractivity contribution in [3.8, 4) is 0 Å². The van der Waals surface area contributed by atoms with Gasteiger partial charge in [0.15, 0.2) is 0 Å². The molecule has 1 aromatic rings. The standard InChI is InChI=1S/C14H19F2N3O/c1-18-4-5-19(12(8-17)9-18)14(20)7-10-6-11(15)2-3-13(10)16/h2-3,6,12H,4-5,7-9,17H2,1H3. The van der Waals surface area contributed by atoms with Gasteiger partial charge in [0, 0.05) is 31.7 Å². The molecule has 2 N–H and O–H groups in total. The van der Waals surface area contributed by atoms with Crippen LogP contribution in [0.25, 0.3) is 0 Å². The fraction of sp³-hybridized carbons (Fsp3) is 0.500. The van der Waals surface area contributed by atoms with Crippen LogP contribution in [0.15, 0.2) is 18.2 Å². The predicted molar refractivity (Wildman–Crippen MR) is 72.1 cm³/mol. The molecule has 0 aromatic heterocycles. The van der Waals surface area contributed by atoms with E-state index in [4.69, 9.17) is 5.73 Å². The number of rotatable bonds is 3. The van der Waals surface area contributed by atoms with Gasteiger partial charge < -0.3 is 15.5 Å². The van der Waals surface area contributed by atoms with Crippen molar-refractivity contribution < 1.29 is 13.6 Å². The minimum Gasteiger partial charge on any atom is -0.336 e. The van der Waals surface area contributed by atoms with Crippen molar-refractivity contribution >= 4 is 5.91 Å². The van der Waals surface area contributed by atoms with Gasteiger partial charge in [-0.15, -0.1) is 0 Å². The summed E-state index contributed by atoms with van der Waals surface area (Å²) >= 11 is 0. The lowest BCUT2D eigenvalue weighted by atomic mass is 10.1. The lowest BCUT2D eigenvalue weighted by Crippen LogP contribution is -2.57. The van der Waals surface area contributed by atoms with Gasteiger partial charge in [-0.1, -0.05) is 0 Å². The number of nitrogens with zero attached hydrogens (tertiary/aromatic N) is 2. The fourth-order valence-corrected chi connectivity index (χ4v) is 2.48. The number of piperazine rings is 1. The van der Waals surface area contributed by atoms with E-state index in [1.807, 2.05) is 7.05 Å². The van der Waals surface area contributed by atoms with Gasteiger partial charge in [0.25, 0.3) is 0 Å². The average molecular weight is 283 g/mol. The Morgan fingerprint density at radius 2 is 2.15 bits per heavy atom. The maximum atomic E-state index is 13.6. The van der Waals surface area contributed by atoms with E-state index in [-0.39, 0.29) is 23.9 Å². The van der Waals surface area contributed by atoms with Crippen LogP contribution in [0.4, 0.5) is 8.78 Å². The number of halogens is 2. The zero-order valence-electron chi connectivity index (χ0n) is 11.5. The molecule has 1 saturated heterocycles. The number of nitrogens with two attached hydrogens (primary N) is 1. The molecule has 1 atom stereocenters. The van der Waals surface area contributed by atoms with Crippen LogP contribution in [0, 0.1) is 11.6 Å². The molecule has 0 saturated carbocycles. The highest BCUT2D eigenvalue weighted by atomic mass is 19.1. The first kappa shape index (κ1) is 14.9. The summed E-state index contributed by atoms with van der Waals surface area (Å²) in [5, 5.41) is 0. The highest BCUT2D eigenvalue weighted by Gasteiger charge is 2.28.